The Hall–Kier alpha value is -0.200. The summed E-state index contributed by atoms with van der Waals surface area (Å²) in [5.74, 6) is 0. The van der Waals surface area contributed by atoms with E-state index in [0.717, 1.165) is 0 Å². The van der Waals surface area contributed by atoms with Gasteiger partial charge in [-0.05, 0) is 0 Å². The molecule has 1 unspecified atom stereocenters. The van der Waals surface area contributed by atoms with Crippen molar-refractivity contribution in [3.05, 3.63) is 0 Å². The first-order chi connectivity index (χ1) is 4.63. The van der Waals surface area contributed by atoms with Crippen LogP contribution in [0.5, 0.6) is 0 Å². The van der Waals surface area contributed by atoms with Crippen LogP contribution in [0.4, 0.5) is 0 Å². The van der Waals surface area contributed by atoms with Crippen molar-refractivity contribution in [2.45, 2.75) is 6.23 Å². The molecule has 5 nitrogen and oxygen atoms in total. The molecule has 0 heterocycles. The van der Waals surface area contributed by atoms with Crippen LogP contribution in [0.2, 0.25) is 0 Å². The SMILES string of the molecule is NC(O)C(CO)(CO)CO. The monoisotopic (exact) mass is 151 g/mol. The molecule has 0 aliphatic carbocycles. The largest absolute Gasteiger partial charge is 0.395 e. The Labute approximate surface area is 58.7 Å². The lowest BCUT2D eigenvalue weighted by molar-refractivity contribution is -0.0801. The summed E-state index contributed by atoms with van der Waals surface area (Å²) in [6.07, 6.45) is -1.41. The lowest BCUT2D eigenvalue weighted by atomic mass is 9.89. The van der Waals surface area contributed by atoms with E-state index in [0.29, 0.717) is 0 Å². The molecule has 0 fully saturated rings. The van der Waals surface area contributed by atoms with E-state index in [1.54, 1.807) is 0 Å². The molecule has 0 bridgehead atoms. The molecule has 0 aliphatic rings. The number of nitrogens with two attached hydrogens (primary N) is 1. The molecule has 6 N–H and O–H groups in total. The minimum atomic E-state index is -1.41. The average Bonchev–Trinajstić information content (AvgIpc) is 1.92. The van der Waals surface area contributed by atoms with Crippen molar-refractivity contribution in [1.82, 2.24) is 0 Å². The Kier molecular flexibility index (Phi) is 3.77. The summed E-state index contributed by atoms with van der Waals surface area (Å²) in [6.45, 7) is -1.63. The van der Waals surface area contributed by atoms with E-state index in [1.165, 1.54) is 0 Å². The van der Waals surface area contributed by atoms with Crippen molar-refractivity contribution in [3.63, 3.8) is 0 Å². The van der Waals surface area contributed by atoms with Gasteiger partial charge in [0, 0.05) is 0 Å². The number of hydrogen-bond donors (Lipinski definition) is 5. The average molecular weight is 151 g/mol. The maximum Gasteiger partial charge on any atom is 0.114 e. The molecule has 0 aromatic heterocycles. The van der Waals surface area contributed by atoms with Crippen molar-refractivity contribution >= 4 is 0 Å². The summed E-state index contributed by atoms with van der Waals surface area (Å²) in [5, 5.41) is 34.5. The van der Waals surface area contributed by atoms with Crippen LogP contribution in [0.1, 0.15) is 0 Å². The zero-order valence-electron chi connectivity index (χ0n) is 5.56. The van der Waals surface area contributed by atoms with Crippen LogP contribution in [-0.4, -0.2) is 46.5 Å². The minimum absolute atomic E-state index is 0.544. The lowest BCUT2D eigenvalue weighted by Crippen LogP contribution is -2.49. The van der Waals surface area contributed by atoms with Crippen LogP contribution in [0.25, 0.3) is 0 Å². The third kappa shape index (κ3) is 1.65. The van der Waals surface area contributed by atoms with Gasteiger partial charge >= 0.3 is 0 Å². The molecular formula is C5H13NO4. The number of rotatable bonds is 4. The van der Waals surface area contributed by atoms with Crippen LogP contribution < -0.4 is 5.73 Å². The van der Waals surface area contributed by atoms with E-state index in [9.17, 15) is 0 Å². The molecule has 0 aromatic rings. The molecule has 0 amide bonds. The van der Waals surface area contributed by atoms with Gasteiger partial charge in [-0.15, -0.1) is 0 Å². The highest BCUT2D eigenvalue weighted by Gasteiger charge is 2.34. The minimum Gasteiger partial charge on any atom is -0.395 e. The summed E-state index contributed by atoms with van der Waals surface area (Å²) >= 11 is 0. The van der Waals surface area contributed by atoms with Gasteiger partial charge in [0.2, 0.25) is 0 Å². The molecule has 1 atom stereocenters. The standard InChI is InChI=1S/C5H13NO4/c6-4(10)5(1-7,2-8)3-9/h4,7-10H,1-3,6H2. The molecule has 0 aromatic carbocycles. The summed E-state index contributed by atoms with van der Waals surface area (Å²) < 4.78 is 0. The van der Waals surface area contributed by atoms with Gasteiger partial charge in [0.15, 0.2) is 0 Å². The third-order valence-corrected chi connectivity index (χ3v) is 1.57. The van der Waals surface area contributed by atoms with Crippen molar-refractivity contribution in [1.29, 1.82) is 0 Å². The van der Waals surface area contributed by atoms with Gasteiger partial charge in [0.05, 0.1) is 25.2 Å². The fraction of sp³-hybridized carbons (Fsp3) is 1.00. The zero-order chi connectivity index (χ0) is 8.20. The quantitative estimate of drug-likeness (QED) is 0.279. The van der Waals surface area contributed by atoms with E-state index in [2.05, 4.69) is 0 Å². The van der Waals surface area contributed by atoms with Crippen molar-refractivity contribution in [3.8, 4) is 0 Å². The number of aliphatic hydroxyl groups excluding tert-OH is 4. The molecule has 0 saturated heterocycles. The number of hydrogen-bond acceptors (Lipinski definition) is 5. The van der Waals surface area contributed by atoms with E-state index < -0.39 is 31.5 Å². The van der Waals surface area contributed by atoms with Crippen LogP contribution in [0.3, 0.4) is 0 Å². The van der Waals surface area contributed by atoms with Crippen molar-refractivity contribution in [2.24, 2.45) is 11.1 Å². The first-order valence-corrected chi connectivity index (χ1v) is 2.89. The van der Waals surface area contributed by atoms with Gasteiger partial charge in [0.1, 0.15) is 6.23 Å². The molecule has 10 heavy (non-hydrogen) atoms. The van der Waals surface area contributed by atoms with E-state index >= 15 is 0 Å². The summed E-state index contributed by atoms with van der Waals surface area (Å²) in [5.41, 5.74) is 3.60. The van der Waals surface area contributed by atoms with Gasteiger partial charge in [-0.2, -0.15) is 0 Å². The summed E-state index contributed by atoms with van der Waals surface area (Å²) in [7, 11) is 0. The topological polar surface area (TPSA) is 107 Å². The first kappa shape index (κ1) is 9.80. The highest BCUT2D eigenvalue weighted by molar-refractivity contribution is 4.81. The molecule has 0 aliphatic heterocycles. The van der Waals surface area contributed by atoms with Gasteiger partial charge in [0.25, 0.3) is 0 Å². The molecular weight excluding hydrogens is 138 g/mol. The third-order valence-electron chi connectivity index (χ3n) is 1.57. The van der Waals surface area contributed by atoms with Gasteiger partial charge in [-0.25, -0.2) is 0 Å². The molecule has 62 valence electrons. The van der Waals surface area contributed by atoms with Crippen molar-refractivity contribution < 1.29 is 20.4 Å². The summed E-state index contributed by atoms with van der Waals surface area (Å²) in [4.78, 5) is 0. The summed E-state index contributed by atoms with van der Waals surface area (Å²) in [6, 6.07) is 0. The Morgan fingerprint density at radius 1 is 1.10 bits per heavy atom. The van der Waals surface area contributed by atoms with Gasteiger partial charge in [-0.3, -0.25) is 0 Å². The molecule has 5 heteroatoms. The second-order valence-corrected chi connectivity index (χ2v) is 2.28. The molecule has 0 saturated carbocycles. The normalized spacial score (nSPS) is 15.3. The molecule has 0 radical (unpaired) electrons. The van der Waals surface area contributed by atoms with E-state index in [1.807, 2.05) is 0 Å². The highest BCUT2D eigenvalue weighted by Crippen LogP contribution is 2.16. The predicted molar refractivity (Wildman–Crippen MR) is 33.9 cm³/mol. The zero-order valence-corrected chi connectivity index (χ0v) is 5.56. The Balaban J connectivity index is 4.15. The maximum atomic E-state index is 8.76. The fourth-order valence-electron chi connectivity index (χ4n) is 0.431. The van der Waals surface area contributed by atoms with Crippen molar-refractivity contribution in [2.75, 3.05) is 19.8 Å². The second kappa shape index (κ2) is 3.85. The van der Waals surface area contributed by atoms with Crippen LogP contribution in [-0.2, 0) is 0 Å². The van der Waals surface area contributed by atoms with Gasteiger partial charge in [-0.1, -0.05) is 0 Å². The second-order valence-electron chi connectivity index (χ2n) is 2.28. The Morgan fingerprint density at radius 3 is 1.40 bits per heavy atom. The van der Waals surface area contributed by atoms with E-state index in [4.69, 9.17) is 26.2 Å². The van der Waals surface area contributed by atoms with E-state index in [-0.39, 0.29) is 0 Å². The Bertz CT molecular complexity index is 83.4. The molecule has 0 rings (SSSR count). The maximum absolute atomic E-state index is 8.76. The fourth-order valence-corrected chi connectivity index (χ4v) is 0.431. The highest BCUT2D eigenvalue weighted by atomic mass is 16.3. The smallest absolute Gasteiger partial charge is 0.114 e. The Morgan fingerprint density at radius 2 is 1.40 bits per heavy atom. The van der Waals surface area contributed by atoms with Crippen LogP contribution in [0.15, 0.2) is 0 Å². The van der Waals surface area contributed by atoms with Crippen LogP contribution >= 0.6 is 0 Å². The number of aliphatic hydroxyl groups is 4. The lowest BCUT2D eigenvalue weighted by Gasteiger charge is -2.29. The predicted octanol–water partition coefficient (Wildman–Crippen LogP) is -2.77. The van der Waals surface area contributed by atoms with Crippen LogP contribution in [0, 0.1) is 5.41 Å². The first-order valence-electron chi connectivity index (χ1n) is 2.89. The van der Waals surface area contributed by atoms with Gasteiger partial charge < -0.3 is 26.2 Å². The molecule has 0 spiro atoms.